The monoisotopic (exact) mass is 293 g/mol. The van der Waals surface area contributed by atoms with Crippen LogP contribution >= 0.6 is 0 Å². The zero-order valence-corrected chi connectivity index (χ0v) is 12.7. The topological polar surface area (TPSA) is 30.8 Å². The quantitative estimate of drug-likeness (QED) is 0.795. The molecule has 22 heavy (non-hydrogen) atoms. The second-order valence-corrected chi connectivity index (χ2v) is 6.18. The molecule has 1 spiro atoms. The fraction of sp³-hybridized carbons (Fsp3) is 0.316. The highest BCUT2D eigenvalue weighted by Gasteiger charge is 2.43. The van der Waals surface area contributed by atoms with Gasteiger partial charge in [-0.1, -0.05) is 29.4 Å². The van der Waals surface area contributed by atoms with E-state index in [-0.39, 0.29) is 5.60 Å². The average molecular weight is 293 g/mol. The molecule has 2 aromatic rings. The van der Waals surface area contributed by atoms with E-state index in [1.54, 1.807) is 0 Å². The minimum atomic E-state index is -0.233. The maximum Gasteiger partial charge on any atom is 0.168 e. The smallest absolute Gasteiger partial charge is 0.168 e. The summed E-state index contributed by atoms with van der Waals surface area (Å²) in [5.41, 5.74) is 3.45. The van der Waals surface area contributed by atoms with Crippen LogP contribution in [0.2, 0.25) is 0 Å². The molecule has 2 aliphatic rings. The second kappa shape index (κ2) is 5.16. The summed E-state index contributed by atoms with van der Waals surface area (Å²) in [4.78, 5) is 5.83. The summed E-state index contributed by atoms with van der Waals surface area (Å²) in [6.07, 6.45) is 4.15. The number of nitrogens with zero attached hydrogens (tertiary/aromatic N) is 1. The molecule has 1 aliphatic carbocycles. The molecule has 0 amide bonds. The van der Waals surface area contributed by atoms with Gasteiger partial charge < -0.3 is 9.57 Å². The molecule has 0 bridgehead atoms. The van der Waals surface area contributed by atoms with Crippen LogP contribution in [0.25, 0.3) is 0 Å². The number of oxime groups is 1. The van der Waals surface area contributed by atoms with E-state index in [2.05, 4.69) is 17.3 Å². The SMILES string of the molecule is CC1=NO[C@]2(CCCc3cc(Oc4ccccc4)ccc32)C1. The maximum absolute atomic E-state index is 5.95. The van der Waals surface area contributed by atoms with Crippen LogP contribution in [0.5, 0.6) is 11.5 Å². The lowest BCUT2D eigenvalue weighted by Gasteiger charge is -2.33. The maximum atomic E-state index is 5.95. The van der Waals surface area contributed by atoms with E-state index < -0.39 is 0 Å². The van der Waals surface area contributed by atoms with Crippen molar-refractivity contribution in [2.45, 2.75) is 38.2 Å². The molecule has 3 nitrogen and oxygen atoms in total. The van der Waals surface area contributed by atoms with E-state index >= 15 is 0 Å². The van der Waals surface area contributed by atoms with Gasteiger partial charge in [-0.25, -0.2) is 0 Å². The number of rotatable bonds is 2. The molecular weight excluding hydrogens is 274 g/mol. The highest BCUT2D eigenvalue weighted by molar-refractivity contribution is 5.84. The molecule has 0 saturated heterocycles. The van der Waals surface area contributed by atoms with E-state index in [9.17, 15) is 0 Å². The number of fused-ring (bicyclic) bond motifs is 2. The summed E-state index contributed by atoms with van der Waals surface area (Å²) in [7, 11) is 0. The lowest BCUT2D eigenvalue weighted by molar-refractivity contribution is -0.0363. The van der Waals surface area contributed by atoms with Gasteiger partial charge in [-0.05, 0) is 56.0 Å². The number of benzene rings is 2. The van der Waals surface area contributed by atoms with Crippen LogP contribution in [0, 0.1) is 0 Å². The Kier molecular flexibility index (Phi) is 3.14. The molecule has 3 heteroatoms. The molecule has 0 radical (unpaired) electrons. The van der Waals surface area contributed by atoms with Crippen LogP contribution < -0.4 is 4.74 Å². The van der Waals surface area contributed by atoms with E-state index in [0.717, 1.165) is 42.9 Å². The zero-order valence-electron chi connectivity index (χ0n) is 12.7. The lowest BCUT2D eigenvalue weighted by atomic mass is 9.76. The summed E-state index contributed by atoms with van der Waals surface area (Å²) >= 11 is 0. The molecule has 1 heterocycles. The number of hydrogen-bond acceptors (Lipinski definition) is 3. The molecule has 4 rings (SSSR count). The zero-order chi connectivity index (χ0) is 15.0. The molecule has 1 atom stereocenters. The largest absolute Gasteiger partial charge is 0.457 e. The van der Waals surface area contributed by atoms with E-state index in [0.29, 0.717) is 0 Å². The van der Waals surface area contributed by atoms with Gasteiger partial charge in [-0.2, -0.15) is 0 Å². The third kappa shape index (κ3) is 2.27. The van der Waals surface area contributed by atoms with Crippen molar-refractivity contribution in [3.05, 3.63) is 59.7 Å². The molecule has 0 saturated carbocycles. The second-order valence-electron chi connectivity index (χ2n) is 6.18. The van der Waals surface area contributed by atoms with Crippen molar-refractivity contribution in [2.75, 3.05) is 0 Å². The van der Waals surface area contributed by atoms with Gasteiger partial charge in [0, 0.05) is 12.0 Å². The van der Waals surface area contributed by atoms with Gasteiger partial charge in [0.05, 0.1) is 5.71 Å². The normalized spacial score (nSPS) is 22.9. The highest BCUT2D eigenvalue weighted by atomic mass is 16.7. The van der Waals surface area contributed by atoms with Gasteiger partial charge in [-0.15, -0.1) is 0 Å². The average Bonchev–Trinajstić information content (AvgIpc) is 2.90. The van der Waals surface area contributed by atoms with Crippen LogP contribution in [-0.4, -0.2) is 5.71 Å². The van der Waals surface area contributed by atoms with Crippen molar-refractivity contribution in [1.29, 1.82) is 0 Å². The Morgan fingerprint density at radius 1 is 1.09 bits per heavy atom. The van der Waals surface area contributed by atoms with Gasteiger partial charge in [0.2, 0.25) is 0 Å². The Hall–Kier alpha value is -2.29. The van der Waals surface area contributed by atoms with E-state index in [4.69, 9.17) is 9.57 Å². The summed E-state index contributed by atoms with van der Waals surface area (Å²) in [5, 5.41) is 4.19. The Labute approximate surface area is 130 Å². The summed E-state index contributed by atoms with van der Waals surface area (Å²) in [5.74, 6) is 1.75. The van der Waals surface area contributed by atoms with Gasteiger partial charge in [0.25, 0.3) is 0 Å². The first kappa shape index (κ1) is 13.4. The van der Waals surface area contributed by atoms with Crippen molar-refractivity contribution < 1.29 is 9.57 Å². The Morgan fingerprint density at radius 2 is 1.95 bits per heavy atom. The minimum Gasteiger partial charge on any atom is -0.457 e. The van der Waals surface area contributed by atoms with Crippen molar-refractivity contribution in [3.63, 3.8) is 0 Å². The fourth-order valence-corrected chi connectivity index (χ4v) is 3.53. The van der Waals surface area contributed by atoms with E-state index in [1.165, 1.54) is 11.1 Å². The van der Waals surface area contributed by atoms with Gasteiger partial charge in [-0.3, -0.25) is 0 Å². The minimum absolute atomic E-state index is 0.233. The van der Waals surface area contributed by atoms with Crippen molar-refractivity contribution in [1.82, 2.24) is 0 Å². The summed E-state index contributed by atoms with van der Waals surface area (Å²) in [6.45, 7) is 2.04. The summed E-state index contributed by atoms with van der Waals surface area (Å²) in [6, 6.07) is 16.2. The number of ether oxygens (including phenoxy) is 1. The van der Waals surface area contributed by atoms with Crippen LogP contribution in [0.15, 0.2) is 53.7 Å². The first-order valence-electron chi connectivity index (χ1n) is 7.83. The van der Waals surface area contributed by atoms with Crippen molar-refractivity contribution in [2.24, 2.45) is 5.16 Å². The van der Waals surface area contributed by atoms with Crippen LogP contribution in [0.4, 0.5) is 0 Å². The van der Waals surface area contributed by atoms with Gasteiger partial charge in [0.1, 0.15) is 11.5 Å². The predicted octanol–water partition coefficient (Wildman–Crippen LogP) is 4.81. The third-order valence-corrected chi connectivity index (χ3v) is 4.49. The molecule has 1 aliphatic heterocycles. The van der Waals surface area contributed by atoms with Crippen LogP contribution in [-0.2, 0) is 16.9 Å². The molecule has 2 aromatic carbocycles. The predicted molar refractivity (Wildman–Crippen MR) is 86.4 cm³/mol. The van der Waals surface area contributed by atoms with Crippen LogP contribution in [0.3, 0.4) is 0 Å². The molecular formula is C19H19NO2. The number of hydrogen-bond donors (Lipinski definition) is 0. The van der Waals surface area contributed by atoms with Gasteiger partial charge in [0.15, 0.2) is 5.60 Å². The Balaban J connectivity index is 1.64. The first-order chi connectivity index (χ1) is 10.8. The summed E-state index contributed by atoms with van der Waals surface area (Å²) < 4.78 is 5.95. The van der Waals surface area contributed by atoms with E-state index in [1.807, 2.05) is 43.3 Å². The molecule has 0 N–H and O–H groups in total. The van der Waals surface area contributed by atoms with Gasteiger partial charge >= 0.3 is 0 Å². The number of aryl methyl sites for hydroxylation is 1. The Morgan fingerprint density at radius 3 is 2.73 bits per heavy atom. The molecule has 112 valence electrons. The molecule has 0 aromatic heterocycles. The highest BCUT2D eigenvalue weighted by Crippen LogP contribution is 2.45. The molecule has 0 unspecified atom stereocenters. The standard InChI is InChI=1S/C19H19NO2/c1-14-13-19(22-20-14)11-5-6-15-12-17(9-10-18(15)19)21-16-7-3-2-4-8-16/h2-4,7-10,12H,5-6,11,13H2,1H3/t19-/m1/s1. The van der Waals surface area contributed by atoms with Crippen molar-refractivity contribution >= 4 is 5.71 Å². The number of para-hydroxylation sites is 1. The molecule has 0 fully saturated rings. The van der Waals surface area contributed by atoms with Crippen molar-refractivity contribution in [3.8, 4) is 11.5 Å². The van der Waals surface area contributed by atoms with Crippen LogP contribution in [0.1, 0.15) is 37.3 Å². The first-order valence-corrected chi connectivity index (χ1v) is 7.83. The third-order valence-electron chi connectivity index (χ3n) is 4.49. The lowest BCUT2D eigenvalue weighted by Crippen LogP contribution is -2.30. The fourth-order valence-electron chi connectivity index (χ4n) is 3.53. The Bertz CT molecular complexity index is 723.